The summed E-state index contributed by atoms with van der Waals surface area (Å²) in [5, 5.41) is 12.3. The Morgan fingerprint density at radius 3 is 2.38 bits per heavy atom. The summed E-state index contributed by atoms with van der Waals surface area (Å²) >= 11 is 0. The van der Waals surface area contributed by atoms with Crippen molar-refractivity contribution < 1.29 is 24.2 Å². The van der Waals surface area contributed by atoms with Gasteiger partial charge in [-0.15, -0.1) is 0 Å². The second kappa shape index (κ2) is 9.82. The predicted molar refractivity (Wildman–Crippen MR) is 108 cm³/mol. The molecule has 0 radical (unpaired) electrons. The number of hydrogen-bond acceptors (Lipinski definition) is 5. The van der Waals surface area contributed by atoms with Crippen LogP contribution in [0.25, 0.3) is 0 Å². The number of hydrogen-bond donors (Lipinski definition) is 2. The molecule has 2 aromatic carbocycles. The third kappa shape index (κ3) is 6.14. The number of piperidine rings is 1. The first-order valence-electron chi connectivity index (χ1n) is 9.73. The van der Waals surface area contributed by atoms with Crippen molar-refractivity contribution in [3.63, 3.8) is 0 Å². The number of amides is 2. The molecule has 1 fully saturated rings. The minimum Gasteiger partial charge on any atom is -0.508 e. The first-order valence-corrected chi connectivity index (χ1v) is 9.73. The smallest absolute Gasteiger partial charge is 0.260 e. The fourth-order valence-electron chi connectivity index (χ4n) is 3.13. The van der Waals surface area contributed by atoms with Crippen LogP contribution in [0.5, 0.6) is 17.2 Å². The van der Waals surface area contributed by atoms with Gasteiger partial charge in [0.2, 0.25) is 0 Å². The minimum absolute atomic E-state index is 0.00691. The van der Waals surface area contributed by atoms with E-state index in [1.807, 2.05) is 30.3 Å². The van der Waals surface area contributed by atoms with Gasteiger partial charge in [0.25, 0.3) is 11.8 Å². The second-order valence-electron chi connectivity index (χ2n) is 7.02. The first-order chi connectivity index (χ1) is 14.0. The molecule has 0 spiro atoms. The molecule has 29 heavy (non-hydrogen) atoms. The standard InChI is InChI=1S/C22H26N2O5/c1-16(29-20-9-7-18(25)8-10-20)22(27)23-17-11-13-24(14-12-17)21(26)15-28-19-5-3-2-4-6-19/h2-10,16-17,25H,11-15H2,1H3,(H,23,27). The van der Waals surface area contributed by atoms with Crippen molar-refractivity contribution in [1.29, 1.82) is 0 Å². The van der Waals surface area contributed by atoms with Crippen LogP contribution >= 0.6 is 0 Å². The highest BCUT2D eigenvalue weighted by Crippen LogP contribution is 2.18. The number of carbonyl (C=O) groups excluding carboxylic acids is 2. The van der Waals surface area contributed by atoms with Crippen molar-refractivity contribution in [2.45, 2.75) is 31.9 Å². The SMILES string of the molecule is CC(Oc1ccc(O)cc1)C(=O)NC1CCN(C(=O)COc2ccccc2)CC1. The number of nitrogens with one attached hydrogen (secondary N) is 1. The molecule has 7 heteroatoms. The van der Waals surface area contributed by atoms with E-state index >= 15 is 0 Å². The van der Waals surface area contributed by atoms with Crippen LogP contribution in [-0.2, 0) is 9.59 Å². The van der Waals surface area contributed by atoms with Crippen LogP contribution in [-0.4, -0.2) is 53.7 Å². The summed E-state index contributed by atoms with van der Waals surface area (Å²) in [6.45, 7) is 2.85. The van der Waals surface area contributed by atoms with Gasteiger partial charge < -0.3 is 24.8 Å². The van der Waals surface area contributed by atoms with Crippen molar-refractivity contribution >= 4 is 11.8 Å². The topological polar surface area (TPSA) is 88.1 Å². The van der Waals surface area contributed by atoms with Gasteiger partial charge in [-0.05, 0) is 56.2 Å². The summed E-state index contributed by atoms with van der Waals surface area (Å²) in [6.07, 6.45) is 0.724. The quantitative estimate of drug-likeness (QED) is 0.748. The van der Waals surface area contributed by atoms with Crippen LogP contribution in [0, 0.1) is 0 Å². The molecular formula is C22H26N2O5. The molecule has 7 nitrogen and oxygen atoms in total. The lowest BCUT2D eigenvalue weighted by Gasteiger charge is -2.32. The van der Waals surface area contributed by atoms with E-state index in [1.165, 1.54) is 12.1 Å². The summed E-state index contributed by atoms with van der Waals surface area (Å²) < 4.78 is 11.1. The van der Waals surface area contributed by atoms with Crippen molar-refractivity contribution in [1.82, 2.24) is 10.2 Å². The Labute approximate surface area is 170 Å². The Balaban J connectivity index is 1.39. The molecule has 0 saturated carbocycles. The number of phenolic OH excluding ortho intramolecular Hbond substituents is 1. The van der Waals surface area contributed by atoms with Crippen molar-refractivity contribution in [2.75, 3.05) is 19.7 Å². The van der Waals surface area contributed by atoms with Gasteiger partial charge in [0.05, 0.1) is 0 Å². The number of para-hydroxylation sites is 1. The van der Waals surface area contributed by atoms with Gasteiger partial charge in [0.1, 0.15) is 17.2 Å². The maximum absolute atomic E-state index is 12.4. The van der Waals surface area contributed by atoms with Crippen molar-refractivity contribution in [2.24, 2.45) is 0 Å². The highest BCUT2D eigenvalue weighted by molar-refractivity contribution is 5.81. The number of phenols is 1. The number of aromatic hydroxyl groups is 1. The lowest BCUT2D eigenvalue weighted by atomic mass is 10.0. The molecule has 1 aliphatic heterocycles. The number of likely N-dealkylation sites (tertiary alicyclic amines) is 1. The third-order valence-electron chi connectivity index (χ3n) is 4.82. The van der Waals surface area contributed by atoms with E-state index in [-0.39, 0.29) is 30.2 Å². The molecule has 1 heterocycles. The van der Waals surface area contributed by atoms with Crippen LogP contribution < -0.4 is 14.8 Å². The van der Waals surface area contributed by atoms with E-state index < -0.39 is 6.10 Å². The van der Waals surface area contributed by atoms with E-state index in [9.17, 15) is 14.7 Å². The van der Waals surface area contributed by atoms with Crippen LogP contribution in [0.15, 0.2) is 54.6 Å². The summed E-state index contributed by atoms with van der Waals surface area (Å²) in [5.41, 5.74) is 0. The van der Waals surface area contributed by atoms with E-state index in [0.717, 1.165) is 0 Å². The fourth-order valence-corrected chi connectivity index (χ4v) is 3.13. The van der Waals surface area contributed by atoms with Gasteiger partial charge >= 0.3 is 0 Å². The average Bonchev–Trinajstić information content (AvgIpc) is 2.75. The normalized spacial score (nSPS) is 15.4. The Morgan fingerprint density at radius 1 is 1.07 bits per heavy atom. The molecule has 0 aliphatic carbocycles. The lowest BCUT2D eigenvalue weighted by Crippen LogP contribution is -2.50. The molecule has 3 rings (SSSR count). The zero-order valence-electron chi connectivity index (χ0n) is 16.4. The molecule has 1 atom stereocenters. The monoisotopic (exact) mass is 398 g/mol. The molecule has 2 aromatic rings. The molecule has 1 unspecified atom stereocenters. The van der Waals surface area contributed by atoms with E-state index in [2.05, 4.69) is 5.32 Å². The molecule has 1 aliphatic rings. The number of carbonyl (C=O) groups is 2. The van der Waals surface area contributed by atoms with E-state index in [1.54, 1.807) is 24.0 Å². The molecule has 0 aromatic heterocycles. The van der Waals surface area contributed by atoms with Crippen LogP contribution in [0.1, 0.15) is 19.8 Å². The second-order valence-corrected chi connectivity index (χ2v) is 7.02. The Morgan fingerprint density at radius 2 is 1.72 bits per heavy atom. The molecule has 2 N–H and O–H groups in total. The lowest BCUT2D eigenvalue weighted by molar-refractivity contribution is -0.134. The minimum atomic E-state index is -0.654. The predicted octanol–water partition coefficient (Wildman–Crippen LogP) is 2.35. The number of nitrogens with zero attached hydrogens (tertiary/aromatic N) is 1. The Kier molecular flexibility index (Phi) is 6.94. The highest BCUT2D eigenvalue weighted by atomic mass is 16.5. The summed E-state index contributed by atoms with van der Waals surface area (Å²) in [4.78, 5) is 26.4. The first kappa shape index (κ1) is 20.5. The molecule has 1 saturated heterocycles. The van der Waals surface area contributed by atoms with Gasteiger partial charge in [-0.1, -0.05) is 18.2 Å². The van der Waals surface area contributed by atoms with Gasteiger partial charge in [-0.2, -0.15) is 0 Å². The van der Waals surface area contributed by atoms with Crippen LogP contribution in [0.4, 0.5) is 0 Å². The third-order valence-corrected chi connectivity index (χ3v) is 4.82. The zero-order chi connectivity index (χ0) is 20.6. The molecular weight excluding hydrogens is 372 g/mol. The van der Waals surface area contributed by atoms with Crippen molar-refractivity contribution in [3.8, 4) is 17.2 Å². The maximum Gasteiger partial charge on any atom is 0.260 e. The van der Waals surface area contributed by atoms with Gasteiger partial charge in [-0.3, -0.25) is 9.59 Å². The van der Waals surface area contributed by atoms with Crippen LogP contribution in [0.3, 0.4) is 0 Å². The van der Waals surface area contributed by atoms with Gasteiger partial charge in [0.15, 0.2) is 12.7 Å². The number of benzene rings is 2. The zero-order valence-corrected chi connectivity index (χ0v) is 16.4. The average molecular weight is 398 g/mol. The summed E-state index contributed by atoms with van der Waals surface area (Å²) in [7, 11) is 0. The fraction of sp³-hybridized carbons (Fsp3) is 0.364. The summed E-state index contributed by atoms with van der Waals surface area (Å²) in [6, 6.07) is 15.5. The molecule has 0 bridgehead atoms. The molecule has 2 amide bonds. The summed E-state index contributed by atoms with van der Waals surface area (Å²) in [5.74, 6) is 1.08. The van der Waals surface area contributed by atoms with E-state index in [4.69, 9.17) is 9.47 Å². The number of rotatable bonds is 7. The maximum atomic E-state index is 12.4. The van der Waals surface area contributed by atoms with Crippen LogP contribution in [0.2, 0.25) is 0 Å². The Bertz CT molecular complexity index is 802. The molecule has 154 valence electrons. The Hall–Kier alpha value is -3.22. The largest absolute Gasteiger partial charge is 0.508 e. The van der Waals surface area contributed by atoms with Gasteiger partial charge in [0, 0.05) is 19.1 Å². The van der Waals surface area contributed by atoms with Gasteiger partial charge in [-0.25, -0.2) is 0 Å². The highest BCUT2D eigenvalue weighted by Gasteiger charge is 2.26. The number of ether oxygens (including phenoxy) is 2. The van der Waals surface area contributed by atoms with Crippen molar-refractivity contribution in [3.05, 3.63) is 54.6 Å². The van der Waals surface area contributed by atoms with E-state index in [0.29, 0.717) is 37.4 Å².